The van der Waals surface area contributed by atoms with Gasteiger partial charge in [0.2, 0.25) is 0 Å². The van der Waals surface area contributed by atoms with E-state index in [9.17, 15) is 4.79 Å². The fraction of sp³-hybridized carbons (Fsp3) is 0.571. The van der Waals surface area contributed by atoms with Crippen molar-refractivity contribution in [3.63, 3.8) is 0 Å². The number of aromatic nitrogens is 1. The summed E-state index contributed by atoms with van der Waals surface area (Å²) in [4.78, 5) is 16.2. The van der Waals surface area contributed by atoms with Gasteiger partial charge >= 0.3 is 5.97 Å². The predicted molar refractivity (Wildman–Crippen MR) is 163 cm³/mol. The van der Waals surface area contributed by atoms with Crippen LogP contribution < -0.4 is 0 Å². The van der Waals surface area contributed by atoms with Crippen LogP contribution in [0.1, 0.15) is 102 Å². The molecule has 1 saturated carbocycles. The number of hydrogen-bond donors (Lipinski definition) is 0. The van der Waals surface area contributed by atoms with Crippen LogP contribution in [0.25, 0.3) is 22.2 Å². The van der Waals surface area contributed by atoms with E-state index < -0.39 is 5.41 Å². The monoisotopic (exact) mass is 528 g/mol. The summed E-state index contributed by atoms with van der Waals surface area (Å²) in [5.74, 6) is 0.450. The van der Waals surface area contributed by atoms with Crippen molar-refractivity contribution >= 4 is 16.9 Å². The molecule has 1 heterocycles. The lowest BCUT2D eigenvalue weighted by atomic mass is 9.49. The van der Waals surface area contributed by atoms with Crippen molar-refractivity contribution in [2.75, 3.05) is 26.7 Å². The maximum absolute atomic E-state index is 13.6. The number of hydrogen-bond acceptors (Lipinski definition) is 3. The maximum atomic E-state index is 13.6. The van der Waals surface area contributed by atoms with Gasteiger partial charge in [-0.1, -0.05) is 71.4 Å². The summed E-state index contributed by atoms with van der Waals surface area (Å²) in [5.41, 5.74) is 7.44. The van der Waals surface area contributed by atoms with E-state index in [2.05, 4.69) is 93.5 Å². The molecule has 5 rings (SSSR count). The number of benzene rings is 2. The second kappa shape index (κ2) is 10.8. The molecular weight excluding hydrogens is 480 g/mol. The van der Waals surface area contributed by atoms with Gasteiger partial charge in [0, 0.05) is 40.9 Å². The molecule has 0 N–H and O–H groups in total. The largest absolute Gasteiger partial charge is 0.469 e. The van der Waals surface area contributed by atoms with Gasteiger partial charge in [-0.05, 0) is 80.4 Å². The number of ether oxygens (including phenoxy) is 1. The standard InChI is InChI=1S/C35H48N2O2/c1-8-19-36(20-9-2)21-22-37-29-14-11-10-13-26(29)30-31(37)27-23-25(24(3)4)15-16-28(27)34(5)17-12-18-35(6,32(30)34)33(38)39-7/h10-11,13-16,23-24,32H,8-9,12,17-22H2,1-7H3/t32-,34-,35-/m1/s1. The molecule has 0 bridgehead atoms. The first kappa shape index (κ1) is 28.0. The van der Waals surface area contributed by atoms with E-state index in [1.54, 1.807) is 7.11 Å². The Morgan fingerprint density at radius 2 is 1.77 bits per heavy atom. The van der Waals surface area contributed by atoms with Crippen molar-refractivity contribution in [1.82, 2.24) is 9.47 Å². The van der Waals surface area contributed by atoms with E-state index in [0.29, 0.717) is 5.92 Å². The Morgan fingerprint density at radius 3 is 2.44 bits per heavy atom. The molecule has 3 atom stereocenters. The molecule has 0 amide bonds. The molecule has 1 fully saturated rings. The summed E-state index contributed by atoms with van der Waals surface area (Å²) < 4.78 is 8.13. The summed E-state index contributed by atoms with van der Waals surface area (Å²) >= 11 is 0. The van der Waals surface area contributed by atoms with Gasteiger partial charge in [0.1, 0.15) is 0 Å². The van der Waals surface area contributed by atoms with Gasteiger partial charge < -0.3 is 14.2 Å². The van der Waals surface area contributed by atoms with E-state index >= 15 is 0 Å². The van der Waals surface area contributed by atoms with Crippen LogP contribution >= 0.6 is 0 Å². The molecular formula is C35H48N2O2. The zero-order chi connectivity index (χ0) is 27.9. The van der Waals surface area contributed by atoms with Crippen LogP contribution in [0.3, 0.4) is 0 Å². The van der Waals surface area contributed by atoms with Crippen molar-refractivity contribution in [1.29, 1.82) is 0 Å². The smallest absolute Gasteiger partial charge is 0.312 e. The number of para-hydroxylation sites is 1. The highest BCUT2D eigenvalue weighted by Crippen LogP contribution is 2.65. The highest BCUT2D eigenvalue weighted by atomic mass is 16.5. The third-order valence-corrected chi connectivity index (χ3v) is 9.92. The lowest BCUT2D eigenvalue weighted by Gasteiger charge is -2.54. The Morgan fingerprint density at radius 1 is 1.05 bits per heavy atom. The molecule has 0 aliphatic heterocycles. The molecule has 0 saturated heterocycles. The normalized spacial score (nSPS) is 24.1. The summed E-state index contributed by atoms with van der Waals surface area (Å²) in [6.07, 6.45) is 5.31. The first-order valence-corrected chi connectivity index (χ1v) is 15.3. The molecule has 210 valence electrons. The third kappa shape index (κ3) is 4.43. The molecule has 0 unspecified atom stereocenters. The van der Waals surface area contributed by atoms with Gasteiger partial charge in [0.05, 0.1) is 18.2 Å². The van der Waals surface area contributed by atoms with Gasteiger partial charge in [0.15, 0.2) is 0 Å². The quantitative estimate of drug-likeness (QED) is 0.262. The zero-order valence-corrected chi connectivity index (χ0v) is 25.3. The van der Waals surface area contributed by atoms with Crippen molar-refractivity contribution in [2.45, 2.75) is 97.4 Å². The minimum atomic E-state index is -0.573. The number of carbonyl (C=O) groups excluding carboxylic acids is 1. The maximum Gasteiger partial charge on any atom is 0.312 e. The minimum absolute atomic E-state index is 0.0622. The Hall–Kier alpha value is -2.59. The second-order valence-corrected chi connectivity index (χ2v) is 12.8. The summed E-state index contributed by atoms with van der Waals surface area (Å²) in [7, 11) is 1.56. The van der Waals surface area contributed by atoms with Crippen molar-refractivity contribution < 1.29 is 9.53 Å². The van der Waals surface area contributed by atoms with Gasteiger partial charge in [-0.2, -0.15) is 0 Å². The highest BCUT2D eigenvalue weighted by molar-refractivity contribution is 5.96. The van der Waals surface area contributed by atoms with E-state index in [1.807, 2.05) is 0 Å². The van der Waals surface area contributed by atoms with E-state index in [1.165, 1.54) is 51.7 Å². The molecule has 39 heavy (non-hydrogen) atoms. The fourth-order valence-corrected chi connectivity index (χ4v) is 8.16. The van der Waals surface area contributed by atoms with Crippen LogP contribution in [-0.2, 0) is 21.5 Å². The van der Waals surface area contributed by atoms with Crippen LogP contribution in [0.5, 0.6) is 0 Å². The molecule has 0 radical (unpaired) electrons. The Kier molecular flexibility index (Phi) is 7.72. The van der Waals surface area contributed by atoms with E-state index in [-0.39, 0.29) is 17.3 Å². The van der Waals surface area contributed by atoms with Crippen LogP contribution in [0, 0.1) is 5.41 Å². The van der Waals surface area contributed by atoms with Crippen LogP contribution in [0.4, 0.5) is 0 Å². The van der Waals surface area contributed by atoms with Gasteiger partial charge in [-0.15, -0.1) is 0 Å². The summed E-state index contributed by atoms with van der Waals surface area (Å²) in [6.45, 7) is 18.0. The fourth-order valence-electron chi connectivity index (χ4n) is 8.16. The average Bonchev–Trinajstić information content (AvgIpc) is 3.25. The first-order chi connectivity index (χ1) is 18.7. The topological polar surface area (TPSA) is 34.5 Å². The predicted octanol–water partition coefficient (Wildman–Crippen LogP) is 8.27. The Labute approximate surface area is 235 Å². The number of nitrogens with zero attached hydrogens (tertiary/aromatic N) is 2. The van der Waals surface area contributed by atoms with Crippen molar-refractivity contribution in [3.8, 4) is 11.3 Å². The lowest BCUT2D eigenvalue weighted by molar-refractivity contribution is -0.157. The molecule has 0 spiro atoms. The average molecular weight is 529 g/mol. The number of fused-ring (bicyclic) bond motifs is 8. The van der Waals surface area contributed by atoms with Crippen molar-refractivity contribution in [3.05, 3.63) is 59.2 Å². The molecule has 4 nitrogen and oxygen atoms in total. The zero-order valence-electron chi connectivity index (χ0n) is 25.3. The molecule has 4 heteroatoms. The van der Waals surface area contributed by atoms with E-state index in [0.717, 1.165) is 45.4 Å². The number of esters is 1. The Bertz CT molecular complexity index is 1350. The van der Waals surface area contributed by atoms with Crippen molar-refractivity contribution in [2.24, 2.45) is 5.41 Å². The molecule has 3 aromatic rings. The van der Waals surface area contributed by atoms with Crippen LogP contribution in [-0.4, -0.2) is 42.2 Å². The van der Waals surface area contributed by atoms with Crippen LogP contribution in [0.2, 0.25) is 0 Å². The van der Waals surface area contributed by atoms with Gasteiger partial charge in [-0.25, -0.2) is 0 Å². The molecule has 2 aliphatic carbocycles. The highest BCUT2D eigenvalue weighted by Gasteiger charge is 2.58. The molecule has 2 aliphatic rings. The van der Waals surface area contributed by atoms with Gasteiger partial charge in [-0.3, -0.25) is 4.79 Å². The first-order valence-electron chi connectivity index (χ1n) is 15.3. The van der Waals surface area contributed by atoms with E-state index in [4.69, 9.17) is 4.74 Å². The lowest BCUT2D eigenvalue weighted by Crippen LogP contribution is -2.50. The van der Waals surface area contributed by atoms with Gasteiger partial charge in [0.25, 0.3) is 0 Å². The summed E-state index contributed by atoms with van der Waals surface area (Å²) in [5, 5.41) is 1.30. The van der Waals surface area contributed by atoms with Crippen LogP contribution in [0.15, 0.2) is 42.5 Å². The molecule has 1 aromatic heterocycles. The number of rotatable bonds is 9. The summed E-state index contributed by atoms with van der Waals surface area (Å²) in [6, 6.07) is 16.1. The second-order valence-electron chi connectivity index (χ2n) is 12.8. The Balaban J connectivity index is 1.81. The third-order valence-electron chi connectivity index (χ3n) is 9.92. The number of methoxy groups -OCH3 is 1. The molecule has 2 aromatic carbocycles. The SMILES string of the molecule is CCCN(CCC)CCn1c2c(c3ccccc31)[C@H]1[C@](C)(C(=O)OC)CCC[C@]1(C)c1ccc(C(C)C)cc1-2. The number of carbonyl (C=O) groups is 1. The minimum Gasteiger partial charge on any atom is -0.469 e.